The first-order chi connectivity index (χ1) is 8.91. The van der Waals surface area contributed by atoms with Gasteiger partial charge in [-0.15, -0.1) is 0 Å². The SMILES string of the molecule is CC(C)NC(=O)CCCC(=O)N1CCC[C@@H]1C(=O)O. The van der Waals surface area contributed by atoms with E-state index in [9.17, 15) is 14.4 Å². The molecule has 1 atom stereocenters. The summed E-state index contributed by atoms with van der Waals surface area (Å²) in [5.41, 5.74) is 0. The summed E-state index contributed by atoms with van der Waals surface area (Å²) in [7, 11) is 0. The van der Waals surface area contributed by atoms with Gasteiger partial charge in [-0.2, -0.15) is 0 Å². The molecule has 0 saturated carbocycles. The molecule has 108 valence electrons. The summed E-state index contributed by atoms with van der Waals surface area (Å²) in [6.45, 7) is 4.27. The van der Waals surface area contributed by atoms with Crippen molar-refractivity contribution in [3.05, 3.63) is 0 Å². The van der Waals surface area contributed by atoms with E-state index in [0.29, 0.717) is 25.8 Å². The third kappa shape index (κ3) is 4.89. The van der Waals surface area contributed by atoms with E-state index in [2.05, 4.69) is 5.32 Å². The van der Waals surface area contributed by atoms with Crippen LogP contribution in [0.5, 0.6) is 0 Å². The van der Waals surface area contributed by atoms with Crippen LogP contribution < -0.4 is 5.32 Å². The van der Waals surface area contributed by atoms with Crippen LogP contribution in [0.4, 0.5) is 0 Å². The highest BCUT2D eigenvalue weighted by Gasteiger charge is 2.33. The van der Waals surface area contributed by atoms with Crippen molar-refractivity contribution in [3.8, 4) is 0 Å². The number of hydrogen-bond donors (Lipinski definition) is 2. The molecule has 2 amide bonds. The number of hydrogen-bond acceptors (Lipinski definition) is 3. The molecule has 0 radical (unpaired) electrons. The van der Waals surface area contributed by atoms with E-state index < -0.39 is 12.0 Å². The van der Waals surface area contributed by atoms with Crippen LogP contribution >= 0.6 is 0 Å². The molecule has 1 aliphatic heterocycles. The lowest BCUT2D eigenvalue weighted by Gasteiger charge is -2.21. The number of amides is 2. The molecular weight excluding hydrogens is 248 g/mol. The van der Waals surface area contributed by atoms with Crippen LogP contribution in [0.2, 0.25) is 0 Å². The van der Waals surface area contributed by atoms with Gasteiger partial charge >= 0.3 is 5.97 Å². The van der Waals surface area contributed by atoms with Gasteiger partial charge in [0.15, 0.2) is 0 Å². The number of likely N-dealkylation sites (tertiary alicyclic amines) is 1. The van der Waals surface area contributed by atoms with E-state index >= 15 is 0 Å². The van der Waals surface area contributed by atoms with Gasteiger partial charge in [-0.05, 0) is 33.1 Å². The molecule has 1 heterocycles. The van der Waals surface area contributed by atoms with Gasteiger partial charge in [-0.1, -0.05) is 0 Å². The number of carboxylic acids is 1. The average molecular weight is 270 g/mol. The van der Waals surface area contributed by atoms with E-state index in [0.717, 1.165) is 6.42 Å². The van der Waals surface area contributed by atoms with Gasteiger partial charge in [-0.3, -0.25) is 9.59 Å². The first-order valence-corrected chi connectivity index (χ1v) is 6.73. The zero-order valence-electron chi connectivity index (χ0n) is 11.5. The topological polar surface area (TPSA) is 86.7 Å². The second-order valence-corrected chi connectivity index (χ2v) is 5.16. The summed E-state index contributed by atoms with van der Waals surface area (Å²) in [6, 6.07) is -0.588. The quantitative estimate of drug-likeness (QED) is 0.746. The summed E-state index contributed by atoms with van der Waals surface area (Å²) in [4.78, 5) is 35.7. The zero-order valence-corrected chi connectivity index (χ0v) is 11.5. The summed E-state index contributed by atoms with van der Waals surface area (Å²) in [6.07, 6.45) is 2.25. The van der Waals surface area contributed by atoms with Gasteiger partial charge in [0.1, 0.15) is 6.04 Å². The first kappa shape index (κ1) is 15.5. The minimum absolute atomic E-state index is 0.0704. The predicted octanol–water partition coefficient (Wildman–Crippen LogP) is 0.757. The van der Waals surface area contributed by atoms with E-state index in [1.165, 1.54) is 4.90 Å². The Kier molecular flexibility index (Phi) is 5.79. The lowest BCUT2D eigenvalue weighted by molar-refractivity contribution is -0.148. The smallest absolute Gasteiger partial charge is 0.326 e. The van der Waals surface area contributed by atoms with Gasteiger partial charge in [0.25, 0.3) is 0 Å². The molecule has 0 bridgehead atoms. The molecule has 1 aliphatic rings. The van der Waals surface area contributed by atoms with Crippen molar-refractivity contribution < 1.29 is 19.5 Å². The molecular formula is C13H22N2O4. The van der Waals surface area contributed by atoms with Crippen LogP contribution in [0.25, 0.3) is 0 Å². The number of carbonyl (C=O) groups excluding carboxylic acids is 2. The van der Waals surface area contributed by atoms with Crippen LogP contribution in [0, 0.1) is 0 Å². The Hall–Kier alpha value is -1.59. The fraction of sp³-hybridized carbons (Fsp3) is 0.769. The molecule has 1 saturated heterocycles. The molecule has 1 fully saturated rings. The minimum atomic E-state index is -0.941. The fourth-order valence-corrected chi connectivity index (χ4v) is 2.26. The monoisotopic (exact) mass is 270 g/mol. The summed E-state index contributed by atoms with van der Waals surface area (Å²) in [5, 5.41) is 11.7. The molecule has 1 rings (SSSR count). The molecule has 6 nitrogen and oxygen atoms in total. The Bertz CT molecular complexity index is 355. The highest BCUT2D eigenvalue weighted by atomic mass is 16.4. The second-order valence-electron chi connectivity index (χ2n) is 5.16. The molecule has 0 aliphatic carbocycles. The van der Waals surface area contributed by atoms with Gasteiger partial charge in [-0.25, -0.2) is 4.79 Å². The maximum Gasteiger partial charge on any atom is 0.326 e. The highest BCUT2D eigenvalue weighted by Crippen LogP contribution is 2.19. The number of carboxylic acid groups (broad SMARTS) is 1. The molecule has 0 aromatic heterocycles. The molecule has 0 aromatic carbocycles. The van der Waals surface area contributed by atoms with Crippen molar-refractivity contribution in [2.75, 3.05) is 6.54 Å². The normalized spacial score (nSPS) is 18.7. The number of nitrogens with zero attached hydrogens (tertiary/aromatic N) is 1. The van der Waals surface area contributed by atoms with Gasteiger partial charge < -0.3 is 15.3 Å². The van der Waals surface area contributed by atoms with Crippen LogP contribution in [0.3, 0.4) is 0 Å². The minimum Gasteiger partial charge on any atom is -0.480 e. The summed E-state index contributed by atoms with van der Waals surface area (Å²) >= 11 is 0. The molecule has 0 unspecified atom stereocenters. The summed E-state index contributed by atoms with van der Waals surface area (Å²) < 4.78 is 0. The number of nitrogens with one attached hydrogen (secondary N) is 1. The largest absolute Gasteiger partial charge is 0.480 e. The van der Waals surface area contributed by atoms with Crippen molar-refractivity contribution in [1.82, 2.24) is 10.2 Å². The lowest BCUT2D eigenvalue weighted by Crippen LogP contribution is -2.40. The van der Waals surface area contributed by atoms with E-state index in [1.807, 2.05) is 13.8 Å². The van der Waals surface area contributed by atoms with Crippen molar-refractivity contribution in [3.63, 3.8) is 0 Å². The maximum absolute atomic E-state index is 11.9. The van der Waals surface area contributed by atoms with Crippen LogP contribution in [0.1, 0.15) is 46.0 Å². The zero-order chi connectivity index (χ0) is 14.4. The van der Waals surface area contributed by atoms with Crippen molar-refractivity contribution in [1.29, 1.82) is 0 Å². The third-order valence-corrected chi connectivity index (χ3v) is 3.10. The second kappa shape index (κ2) is 7.11. The van der Waals surface area contributed by atoms with Crippen LogP contribution in [0.15, 0.2) is 0 Å². The van der Waals surface area contributed by atoms with Crippen LogP contribution in [-0.2, 0) is 14.4 Å². The number of rotatable bonds is 6. The van der Waals surface area contributed by atoms with Crippen molar-refractivity contribution >= 4 is 17.8 Å². The van der Waals surface area contributed by atoms with Crippen LogP contribution in [-0.4, -0.2) is 46.4 Å². The third-order valence-electron chi connectivity index (χ3n) is 3.10. The Morgan fingerprint density at radius 2 is 2.00 bits per heavy atom. The van der Waals surface area contributed by atoms with Crippen molar-refractivity contribution in [2.24, 2.45) is 0 Å². The molecule has 19 heavy (non-hydrogen) atoms. The van der Waals surface area contributed by atoms with E-state index in [4.69, 9.17) is 5.11 Å². The number of carbonyl (C=O) groups is 3. The van der Waals surface area contributed by atoms with E-state index in [-0.39, 0.29) is 24.3 Å². The highest BCUT2D eigenvalue weighted by molar-refractivity contribution is 5.84. The van der Waals surface area contributed by atoms with Crippen molar-refractivity contribution in [2.45, 2.75) is 58.0 Å². The average Bonchev–Trinajstić information content (AvgIpc) is 2.76. The molecule has 0 aromatic rings. The maximum atomic E-state index is 11.9. The van der Waals surface area contributed by atoms with Gasteiger partial charge in [0, 0.05) is 25.4 Å². The standard InChI is InChI=1S/C13H22N2O4/c1-9(2)14-11(16)6-3-7-12(17)15-8-4-5-10(15)13(18)19/h9-10H,3-8H2,1-2H3,(H,14,16)(H,18,19)/t10-/m1/s1. The Balaban J connectivity index is 2.31. The first-order valence-electron chi connectivity index (χ1n) is 6.73. The predicted molar refractivity (Wildman–Crippen MR) is 69.5 cm³/mol. The Morgan fingerprint density at radius 3 is 2.58 bits per heavy atom. The molecule has 2 N–H and O–H groups in total. The number of aliphatic carboxylic acids is 1. The van der Waals surface area contributed by atoms with E-state index in [1.54, 1.807) is 0 Å². The van der Waals surface area contributed by atoms with Gasteiger partial charge in [0.05, 0.1) is 0 Å². The summed E-state index contributed by atoms with van der Waals surface area (Å²) in [5.74, 6) is -1.18. The Labute approximate surface area is 113 Å². The fourth-order valence-electron chi connectivity index (χ4n) is 2.26. The Morgan fingerprint density at radius 1 is 1.32 bits per heavy atom. The molecule has 0 spiro atoms. The van der Waals surface area contributed by atoms with Gasteiger partial charge in [0.2, 0.25) is 11.8 Å². The lowest BCUT2D eigenvalue weighted by atomic mass is 10.2. The molecule has 6 heteroatoms.